The van der Waals surface area contributed by atoms with Crippen LogP contribution in [0.1, 0.15) is 58.5 Å². The normalized spacial score (nSPS) is 16.4. The third kappa shape index (κ3) is 10.8. The summed E-state index contributed by atoms with van der Waals surface area (Å²) in [5.74, 6) is 0.375. The zero-order valence-corrected chi connectivity index (χ0v) is 34.4. The van der Waals surface area contributed by atoms with E-state index in [0.717, 1.165) is 87.9 Å². The number of carbonyl (C=O) groups is 3. The number of benzene rings is 4. The molecule has 56 heavy (non-hydrogen) atoms. The standard InChI is InChI=1S/2C23H30N2O2.CH2O/c2*1-4-23(24(2)3,18-19-8-6-5-7-9-19)22(26)20-10-12-21(13-11-20)25-14-16-27-17-15-25;1-2/h2*5-13H,4,14-18H2,1-3H3;1H2. The zero-order valence-electron chi connectivity index (χ0n) is 34.4. The highest BCUT2D eigenvalue weighted by Crippen LogP contribution is 2.30. The van der Waals surface area contributed by atoms with Gasteiger partial charge in [0, 0.05) is 48.7 Å². The number of carbonyl (C=O) groups excluding carboxylic acids is 3. The molecule has 2 aliphatic rings. The monoisotopic (exact) mass is 762 g/mol. The number of anilines is 2. The smallest absolute Gasteiger partial charge is 0.183 e. The Kier molecular flexibility index (Phi) is 17.0. The van der Waals surface area contributed by atoms with Gasteiger partial charge in [0.1, 0.15) is 6.79 Å². The first-order chi connectivity index (χ1) is 27.1. The van der Waals surface area contributed by atoms with Gasteiger partial charge in [-0.3, -0.25) is 19.4 Å². The quantitative estimate of drug-likeness (QED) is 0.125. The molecule has 0 amide bonds. The summed E-state index contributed by atoms with van der Waals surface area (Å²) in [6.07, 6.45) is 2.95. The molecule has 2 unspecified atom stereocenters. The lowest BCUT2D eigenvalue weighted by atomic mass is 9.80. The summed E-state index contributed by atoms with van der Waals surface area (Å²) >= 11 is 0. The minimum Gasteiger partial charge on any atom is -0.378 e. The molecule has 2 fully saturated rings. The molecule has 4 aromatic carbocycles. The van der Waals surface area contributed by atoms with Gasteiger partial charge < -0.3 is 24.1 Å². The average Bonchev–Trinajstić information content (AvgIpc) is 3.26. The number of ether oxygens (including phenoxy) is 2. The predicted octanol–water partition coefficient (Wildman–Crippen LogP) is 7.13. The van der Waals surface area contributed by atoms with E-state index in [0.29, 0.717) is 12.8 Å². The maximum absolute atomic E-state index is 13.6. The van der Waals surface area contributed by atoms with Gasteiger partial charge in [-0.05, 0) is 114 Å². The molecule has 2 aliphatic heterocycles. The molecule has 0 radical (unpaired) electrons. The molecule has 9 nitrogen and oxygen atoms in total. The van der Waals surface area contributed by atoms with Crippen molar-refractivity contribution >= 4 is 29.7 Å². The number of ketones is 2. The summed E-state index contributed by atoms with van der Waals surface area (Å²) in [6, 6.07) is 36.7. The SMILES string of the molecule is C=O.CCC(Cc1ccccc1)(C(=O)c1ccc(N2CCOCC2)cc1)N(C)C.CCC(Cc1ccccc1)(C(=O)c1ccc(N2CCOCC2)cc1)N(C)C. The first-order valence-corrected chi connectivity index (χ1v) is 19.8. The first kappa shape index (κ1) is 44.0. The maximum Gasteiger partial charge on any atom is 0.183 e. The van der Waals surface area contributed by atoms with Gasteiger partial charge >= 0.3 is 0 Å². The third-order valence-corrected chi connectivity index (χ3v) is 11.4. The molecular formula is C47H62N4O5. The van der Waals surface area contributed by atoms with E-state index in [-0.39, 0.29) is 11.6 Å². The van der Waals surface area contributed by atoms with Gasteiger partial charge in [-0.25, -0.2) is 0 Å². The second-order valence-electron chi connectivity index (χ2n) is 14.8. The average molecular weight is 763 g/mol. The zero-order chi connectivity index (χ0) is 40.6. The summed E-state index contributed by atoms with van der Waals surface area (Å²) in [6.45, 7) is 12.8. The molecule has 9 heteroatoms. The Bertz CT molecular complexity index is 1630. The second-order valence-corrected chi connectivity index (χ2v) is 14.8. The van der Waals surface area contributed by atoms with Crippen molar-refractivity contribution in [1.82, 2.24) is 9.80 Å². The van der Waals surface area contributed by atoms with E-state index in [1.807, 2.05) is 95.6 Å². The largest absolute Gasteiger partial charge is 0.378 e. The minimum absolute atomic E-state index is 0.187. The Morgan fingerprint density at radius 3 is 1.11 bits per heavy atom. The lowest BCUT2D eigenvalue weighted by molar-refractivity contribution is -0.0980. The number of hydrogen-bond donors (Lipinski definition) is 0. The van der Waals surface area contributed by atoms with Crippen LogP contribution in [0.3, 0.4) is 0 Å². The molecule has 0 bridgehead atoms. The fourth-order valence-electron chi connectivity index (χ4n) is 7.78. The molecule has 0 spiro atoms. The summed E-state index contributed by atoms with van der Waals surface area (Å²) in [5, 5.41) is 0. The maximum atomic E-state index is 13.6. The van der Waals surface area contributed by atoms with E-state index in [9.17, 15) is 9.59 Å². The van der Waals surface area contributed by atoms with Crippen LogP contribution in [-0.2, 0) is 27.1 Å². The van der Waals surface area contributed by atoms with Gasteiger partial charge in [-0.1, -0.05) is 74.5 Å². The minimum atomic E-state index is -0.540. The Labute approximate surface area is 335 Å². The Morgan fingerprint density at radius 2 is 0.839 bits per heavy atom. The first-order valence-electron chi connectivity index (χ1n) is 19.8. The molecule has 2 atom stereocenters. The van der Waals surface area contributed by atoms with Crippen LogP contribution in [0.2, 0.25) is 0 Å². The van der Waals surface area contributed by atoms with Gasteiger partial charge in [0.2, 0.25) is 0 Å². The molecular weight excluding hydrogens is 701 g/mol. The predicted molar refractivity (Wildman–Crippen MR) is 228 cm³/mol. The van der Waals surface area contributed by atoms with Crippen molar-refractivity contribution in [2.75, 3.05) is 90.6 Å². The topological polar surface area (TPSA) is 82.6 Å². The second kappa shape index (κ2) is 21.6. The van der Waals surface area contributed by atoms with Crippen LogP contribution in [0.4, 0.5) is 11.4 Å². The lowest BCUT2D eigenvalue weighted by Crippen LogP contribution is -2.52. The molecule has 2 heterocycles. The Morgan fingerprint density at radius 1 is 0.536 bits per heavy atom. The molecule has 0 aromatic heterocycles. The number of hydrogen-bond acceptors (Lipinski definition) is 9. The highest BCUT2D eigenvalue weighted by Gasteiger charge is 2.40. The molecule has 0 saturated carbocycles. The van der Waals surface area contributed by atoms with Crippen LogP contribution < -0.4 is 9.80 Å². The van der Waals surface area contributed by atoms with E-state index in [1.165, 1.54) is 11.1 Å². The van der Waals surface area contributed by atoms with E-state index in [2.05, 4.69) is 82.0 Å². The molecule has 300 valence electrons. The van der Waals surface area contributed by atoms with E-state index >= 15 is 0 Å². The number of likely N-dealkylation sites (N-methyl/N-ethyl adjacent to an activating group) is 2. The molecule has 2 saturated heterocycles. The fraction of sp³-hybridized carbons (Fsp3) is 0.426. The van der Waals surface area contributed by atoms with E-state index in [1.54, 1.807) is 0 Å². The van der Waals surface area contributed by atoms with Crippen LogP contribution in [0, 0.1) is 0 Å². The number of nitrogens with zero attached hydrogens (tertiary/aromatic N) is 4. The van der Waals surface area contributed by atoms with Crippen molar-refractivity contribution in [3.63, 3.8) is 0 Å². The van der Waals surface area contributed by atoms with Crippen molar-refractivity contribution in [3.8, 4) is 0 Å². The van der Waals surface area contributed by atoms with Crippen molar-refractivity contribution < 1.29 is 23.9 Å². The van der Waals surface area contributed by atoms with Crippen molar-refractivity contribution in [2.45, 2.75) is 50.6 Å². The summed E-state index contributed by atoms with van der Waals surface area (Å²) in [7, 11) is 8.03. The van der Waals surface area contributed by atoms with Crippen molar-refractivity contribution in [3.05, 3.63) is 131 Å². The van der Waals surface area contributed by atoms with E-state index in [4.69, 9.17) is 14.3 Å². The number of Topliss-reactive ketones (excluding diaryl/α,β-unsaturated/α-hetero) is 2. The Balaban J connectivity index is 0.000000238. The highest BCUT2D eigenvalue weighted by molar-refractivity contribution is 6.04. The van der Waals surface area contributed by atoms with Crippen LogP contribution in [0.25, 0.3) is 0 Å². The molecule has 0 N–H and O–H groups in total. The molecule has 6 rings (SSSR count). The van der Waals surface area contributed by atoms with Crippen LogP contribution in [0.15, 0.2) is 109 Å². The van der Waals surface area contributed by atoms with Gasteiger partial charge in [-0.15, -0.1) is 0 Å². The third-order valence-electron chi connectivity index (χ3n) is 11.4. The van der Waals surface area contributed by atoms with Crippen molar-refractivity contribution in [1.29, 1.82) is 0 Å². The van der Waals surface area contributed by atoms with Gasteiger partial charge in [0.25, 0.3) is 0 Å². The summed E-state index contributed by atoms with van der Waals surface area (Å²) in [5.41, 5.74) is 5.16. The highest BCUT2D eigenvalue weighted by atomic mass is 16.5. The van der Waals surface area contributed by atoms with Gasteiger partial charge in [-0.2, -0.15) is 0 Å². The van der Waals surface area contributed by atoms with Crippen LogP contribution in [-0.4, -0.2) is 120 Å². The Hall–Kier alpha value is -4.67. The molecule has 4 aromatic rings. The lowest BCUT2D eigenvalue weighted by Gasteiger charge is -2.38. The van der Waals surface area contributed by atoms with Crippen LogP contribution >= 0.6 is 0 Å². The van der Waals surface area contributed by atoms with Crippen molar-refractivity contribution in [2.24, 2.45) is 0 Å². The fourth-order valence-corrected chi connectivity index (χ4v) is 7.78. The number of morpholine rings is 2. The van der Waals surface area contributed by atoms with E-state index < -0.39 is 11.1 Å². The summed E-state index contributed by atoms with van der Waals surface area (Å²) < 4.78 is 10.8. The van der Waals surface area contributed by atoms with Crippen LogP contribution in [0.5, 0.6) is 0 Å². The van der Waals surface area contributed by atoms with Gasteiger partial charge in [0.15, 0.2) is 11.6 Å². The summed E-state index contributed by atoms with van der Waals surface area (Å²) in [4.78, 5) is 43.9. The van der Waals surface area contributed by atoms with Gasteiger partial charge in [0.05, 0.1) is 37.5 Å². The number of rotatable bonds is 14. The molecule has 0 aliphatic carbocycles.